The lowest BCUT2D eigenvalue weighted by Gasteiger charge is -2.34. The predicted molar refractivity (Wildman–Crippen MR) is 104 cm³/mol. The third-order valence-corrected chi connectivity index (χ3v) is 4.81. The molecule has 1 aromatic heterocycles. The standard InChI is InChI=1S/C19H19ClN4O5/c1-11-9-15(25)17(22-24(11)13-5-3-12(20)4-6-13)19(28)23-8-7-21-18(27)14(23)10-16(26)29-2/h3-6,9,14H,7-8,10H2,1-2H3,(H,21,27). The second-order valence-electron chi connectivity index (χ2n) is 6.47. The van der Waals surface area contributed by atoms with Gasteiger partial charge in [0.15, 0.2) is 5.69 Å². The Morgan fingerprint density at radius 2 is 1.97 bits per heavy atom. The number of benzene rings is 1. The summed E-state index contributed by atoms with van der Waals surface area (Å²) in [7, 11) is 1.20. The van der Waals surface area contributed by atoms with E-state index in [0.29, 0.717) is 16.4 Å². The Labute approximate surface area is 171 Å². The number of rotatable bonds is 4. The maximum Gasteiger partial charge on any atom is 0.308 e. The van der Waals surface area contributed by atoms with Crippen LogP contribution in [-0.2, 0) is 14.3 Å². The van der Waals surface area contributed by atoms with Crippen molar-refractivity contribution in [2.45, 2.75) is 19.4 Å². The van der Waals surface area contributed by atoms with Gasteiger partial charge in [-0.25, -0.2) is 4.68 Å². The first kappa shape index (κ1) is 20.5. The highest BCUT2D eigenvalue weighted by Crippen LogP contribution is 2.16. The summed E-state index contributed by atoms with van der Waals surface area (Å²) < 4.78 is 6.06. The van der Waals surface area contributed by atoms with E-state index in [9.17, 15) is 19.2 Å². The van der Waals surface area contributed by atoms with E-state index >= 15 is 0 Å². The first-order valence-corrected chi connectivity index (χ1v) is 9.22. The molecule has 1 unspecified atom stereocenters. The summed E-state index contributed by atoms with van der Waals surface area (Å²) in [4.78, 5) is 50.7. The summed E-state index contributed by atoms with van der Waals surface area (Å²) in [5.41, 5.74) is 0.232. The van der Waals surface area contributed by atoms with Gasteiger partial charge in [-0.15, -0.1) is 0 Å². The Kier molecular flexibility index (Phi) is 5.97. The third-order valence-electron chi connectivity index (χ3n) is 4.56. The lowest BCUT2D eigenvalue weighted by atomic mass is 10.1. The lowest BCUT2D eigenvalue weighted by molar-refractivity contribution is -0.145. The number of nitrogens with zero attached hydrogens (tertiary/aromatic N) is 3. The summed E-state index contributed by atoms with van der Waals surface area (Å²) in [5, 5.41) is 7.37. The fourth-order valence-electron chi connectivity index (χ4n) is 3.08. The molecule has 1 aromatic carbocycles. The zero-order valence-electron chi connectivity index (χ0n) is 15.8. The molecule has 1 N–H and O–H groups in total. The van der Waals surface area contributed by atoms with Crippen LogP contribution in [0.15, 0.2) is 35.1 Å². The van der Waals surface area contributed by atoms with Crippen LogP contribution < -0.4 is 10.7 Å². The Morgan fingerprint density at radius 1 is 1.28 bits per heavy atom. The second-order valence-corrected chi connectivity index (χ2v) is 6.91. The van der Waals surface area contributed by atoms with Crippen LogP contribution in [0.4, 0.5) is 0 Å². The van der Waals surface area contributed by atoms with Crippen molar-refractivity contribution in [2.75, 3.05) is 20.2 Å². The molecule has 1 saturated heterocycles. The Hall–Kier alpha value is -3.20. The van der Waals surface area contributed by atoms with Crippen LogP contribution in [0.25, 0.3) is 5.69 Å². The number of piperazine rings is 1. The molecule has 0 saturated carbocycles. The van der Waals surface area contributed by atoms with Crippen molar-refractivity contribution in [3.8, 4) is 5.69 Å². The van der Waals surface area contributed by atoms with Gasteiger partial charge in [-0.2, -0.15) is 5.10 Å². The highest BCUT2D eigenvalue weighted by atomic mass is 35.5. The number of carbonyl (C=O) groups is 3. The summed E-state index contributed by atoms with van der Waals surface area (Å²) in [6, 6.07) is 6.96. The number of hydrogen-bond donors (Lipinski definition) is 1. The number of ether oxygens (including phenoxy) is 1. The van der Waals surface area contributed by atoms with Crippen LogP contribution in [0.2, 0.25) is 5.02 Å². The average Bonchev–Trinajstić information content (AvgIpc) is 2.70. The van der Waals surface area contributed by atoms with Gasteiger partial charge < -0.3 is 15.0 Å². The number of methoxy groups -OCH3 is 1. The van der Waals surface area contributed by atoms with Crippen molar-refractivity contribution < 1.29 is 19.1 Å². The predicted octanol–water partition coefficient (Wildman–Crippen LogP) is 0.698. The molecule has 1 fully saturated rings. The molecule has 9 nitrogen and oxygen atoms in total. The number of amides is 2. The number of aryl methyl sites for hydroxylation is 1. The van der Waals surface area contributed by atoms with Gasteiger partial charge in [0, 0.05) is 29.9 Å². The number of nitrogens with one attached hydrogen (secondary N) is 1. The summed E-state index contributed by atoms with van der Waals surface area (Å²) in [6.07, 6.45) is -0.314. The van der Waals surface area contributed by atoms with Gasteiger partial charge in [0.05, 0.1) is 19.2 Å². The van der Waals surface area contributed by atoms with Crippen molar-refractivity contribution in [1.82, 2.24) is 20.0 Å². The van der Waals surface area contributed by atoms with Gasteiger partial charge in [0.1, 0.15) is 6.04 Å². The molecule has 0 bridgehead atoms. The molecule has 2 heterocycles. The molecular formula is C19H19ClN4O5. The second kappa shape index (κ2) is 8.44. The largest absolute Gasteiger partial charge is 0.469 e. The molecule has 0 spiro atoms. The van der Waals surface area contributed by atoms with Crippen molar-refractivity contribution in [1.29, 1.82) is 0 Å². The topological polar surface area (TPSA) is 111 Å². The number of aromatic nitrogens is 2. The highest BCUT2D eigenvalue weighted by molar-refractivity contribution is 6.30. The van der Waals surface area contributed by atoms with Gasteiger partial charge in [0.2, 0.25) is 11.3 Å². The zero-order chi connectivity index (χ0) is 21.1. The summed E-state index contributed by atoms with van der Waals surface area (Å²) in [5.74, 6) is -1.85. The Morgan fingerprint density at radius 3 is 2.62 bits per heavy atom. The van der Waals surface area contributed by atoms with Crippen LogP contribution >= 0.6 is 11.6 Å². The molecule has 1 aliphatic rings. The fraction of sp³-hybridized carbons (Fsp3) is 0.316. The number of esters is 1. The maximum absolute atomic E-state index is 13.1. The van der Waals surface area contributed by atoms with Crippen molar-refractivity contribution in [3.05, 3.63) is 57.0 Å². The molecule has 0 radical (unpaired) electrons. The number of halogens is 1. The van der Waals surface area contributed by atoms with Gasteiger partial charge in [-0.3, -0.25) is 19.2 Å². The van der Waals surface area contributed by atoms with Gasteiger partial charge in [0.25, 0.3) is 5.91 Å². The fourth-order valence-corrected chi connectivity index (χ4v) is 3.20. The molecule has 1 atom stereocenters. The molecule has 2 amide bonds. The minimum Gasteiger partial charge on any atom is -0.469 e. The van der Waals surface area contributed by atoms with Crippen LogP contribution in [0.5, 0.6) is 0 Å². The van der Waals surface area contributed by atoms with Crippen molar-refractivity contribution >= 4 is 29.4 Å². The van der Waals surface area contributed by atoms with Gasteiger partial charge in [-0.05, 0) is 31.2 Å². The third kappa shape index (κ3) is 4.29. The van der Waals surface area contributed by atoms with Crippen LogP contribution in [0.1, 0.15) is 22.6 Å². The molecular weight excluding hydrogens is 400 g/mol. The van der Waals surface area contributed by atoms with Gasteiger partial charge in [-0.1, -0.05) is 11.6 Å². The van der Waals surface area contributed by atoms with Gasteiger partial charge >= 0.3 is 5.97 Å². The Bertz CT molecular complexity index is 1020. The van der Waals surface area contributed by atoms with E-state index in [1.807, 2.05) is 0 Å². The molecule has 0 aliphatic carbocycles. The molecule has 3 rings (SSSR count). The van der Waals surface area contributed by atoms with E-state index in [4.69, 9.17) is 11.6 Å². The van der Waals surface area contributed by atoms with E-state index in [-0.39, 0.29) is 25.2 Å². The summed E-state index contributed by atoms with van der Waals surface area (Å²) in [6.45, 7) is 2.04. The van der Waals surface area contributed by atoms with Crippen molar-refractivity contribution in [2.24, 2.45) is 0 Å². The van der Waals surface area contributed by atoms with E-state index in [1.165, 1.54) is 22.8 Å². The number of carbonyl (C=O) groups excluding carboxylic acids is 3. The molecule has 152 valence electrons. The van der Waals surface area contributed by atoms with E-state index in [2.05, 4.69) is 15.2 Å². The lowest BCUT2D eigenvalue weighted by Crippen LogP contribution is -2.58. The van der Waals surface area contributed by atoms with E-state index in [1.54, 1.807) is 31.2 Å². The monoisotopic (exact) mass is 418 g/mol. The zero-order valence-corrected chi connectivity index (χ0v) is 16.6. The van der Waals surface area contributed by atoms with Crippen molar-refractivity contribution in [3.63, 3.8) is 0 Å². The normalized spacial score (nSPS) is 16.3. The molecule has 1 aliphatic heterocycles. The minimum atomic E-state index is -1.07. The van der Waals surface area contributed by atoms with Crippen LogP contribution in [0.3, 0.4) is 0 Å². The average molecular weight is 419 g/mol. The van der Waals surface area contributed by atoms with Crippen LogP contribution in [-0.4, -0.2) is 58.7 Å². The Balaban J connectivity index is 2.00. The van der Waals surface area contributed by atoms with E-state index < -0.39 is 29.3 Å². The molecule has 29 heavy (non-hydrogen) atoms. The maximum atomic E-state index is 13.1. The number of hydrogen-bond acceptors (Lipinski definition) is 6. The SMILES string of the molecule is COC(=O)CC1C(=O)NCCN1C(=O)c1nn(-c2ccc(Cl)cc2)c(C)cc1=O. The summed E-state index contributed by atoms with van der Waals surface area (Å²) >= 11 is 5.91. The first-order valence-electron chi connectivity index (χ1n) is 8.84. The molecule has 2 aromatic rings. The first-order chi connectivity index (χ1) is 13.8. The van der Waals surface area contributed by atoms with E-state index in [0.717, 1.165) is 0 Å². The quantitative estimate of drug-likeness (QED) is 0.732. The van der Waals surface area contributed by atoms with Crippen LogP contribution in [0, 0.1) is 6.92 Å². The molecule has 10 heteroatoms. The highest BCUT2D eigenvalue weighted by Gasteiger charge is 2.37. The minimum absolute atomic E-state index is 0.141. The smallest absolute Gasteiger partial charge is 0.308 e.